The molecule has 1 aliphatic rings. The molecule has 0 unspecified atom stereocenters. The Hall–Kier alpha value is -3.22. The van der Waals surface area contributed by atoms with Crippen molar-refractivity contribution in [2.75, 3.05) is 13.1 Å². The zero-order valence-corrected chi connectivity index (χ0v) is 15.6. The van der Waals surface area contributed by atoms with Crippen molar-refractivity contribution in [2.45, 2.75) is 25.8 Å². The van der Waals surface area contributed by atoms with E-state index < -0.39 is 0 Å². The van der Waals surface area contributed by atoms with Crippen LogP contribution in [0.15, 0.2) is 48.8 Å². The zero-order valence-electron chi connectivity index (χ0n) is 15.6. The lowest BCUT2D eigenvalue weighted by Gasteiger charge is -2.32. The zero-order chi connectivity index (χ0) is 19.7. The lowest BCUT2D eigenvalue weighted by molar-refractivity contribution is 0.0693. The number of benzene rings is 1. The number of hydrogen-bond acceptors (Lipinski definition) is 3. The predicted octanol–water partition coefficient (Wildman–Crippen LogP) is 2.82. The van der Waals surface area contributed by atoms with Crippen LogP contribution < -0.4 is 5.32 Å². The SMILES string of the molecule is Cc1ccn2cc(C(=O)N3CCC(NC(=O)c4ccc(F)cc4)CC3)nc2c1. The predicted molar refractivity (Wildman–Crippen MR) is 103 cm³/mol. The maximum atomic E-state index is 13.0. The molecule has 2 aromatic heterocycles. The minimum atomic E-state index is -0.370. The molecule has 1 saturated heterocycles. The molecule has 144 valence electrons. The van der Waals surface area contributed by atoms with Crippen LogP contribution in [-0.2, 0) is 0 Å². The van der Waals surface area contributed by atoms with Gasteiger partial charge in [-0.1, -0.05) is 0 Å². The first kappa shape index (κ1) is 18.2. The highest BCUT2D eigenvalue weighted by Gasteiger charge is 2.26. The molecular weight excluding hydrogens is 359 g/mol. The van der Waals surface area contributed by atoms with Crippen LogP contribution in [0, 0.1) is 12.7 Å². The third-order valence-corrected chi connectivity index (χ3v) is 5.06. The minimum absolute atomic E-state index is 0.00896. The molecule has 7 heteroatoms. The molecule has 3 heterocycles. The van der Waals surface area contributed by atoms with Crippen molar-refractivity contribution in [1.82, 2.24) is 19.6 Å². The van der Waals surface area contributed by atoms with Crippen LogP contribution in [0.1, 0.15) is 39.3 Å². The highest BCUT2D eigenvalue weighted by molar-refractivity contribution is 5.94. The van der Waals surface area contributed by atoms with E-state index in [2.05, 4.69) is 10.3 Å². The van der Waals surface area contributed by atoms with Crippen LogP contribution in [-0.4, -0.2) is 45.2 Å². The molecular formula is C21H21FN4O2. The number of aromatic nitrogens is 2. The normalized spacial score (nSPS) is 15.0. The van der Waals surface area contributed by atoms with E-state index in [1.807, 2.05) is 29.7 Å². The summed E-state index contributed by atoms with van der Waals surface area (Å²) in [6, 6.07) is 9.37. The number of hydrogen-bond donors (Lipinski definition) is 1. The van der Waals surface area contributed by atoms with Gasteiger partial charge in [0, 0.05) is 37.1 Å². The van der Waals surface area contributed by atoms with Gasteiger partial charge in [0.25, 0.3) is 11.8 Å². The van der Waals surface area contributed by atoms with E-state index in [9.17, 15) is 14.0 Å². The lowest BCUT2D eigenvalue weighted by Crippen LogP contribution is -2.46. The van der Waals surface area contributed by atoms with Gasteiger partial charge in [-0.2, -0.15) is 0 Å². The van der Waals surface area contributed by atoms with Crippen LogP contribution in [0.25, 0.3) is 5.65 Å². The van der Waals surface area contributed by atoms with Crippen LogP contribution in [0.5, 0.6) is 0 Å². The van der Waals surface area contributed by atoms with Gasteiger partial charge in [0.1, 0.15) is 17.2 Å². The average Bonchev–Trinajstić information content (AvgIpc) is 3.11. The molecule has 2 amide bonds. The Balaban J connectivity index is 1.35. The van der Waals surface area contributed by atoms with Gasteiger partial charge in [-0.3, -0.25) is 9.59 Å². The Morgan fingerprint density at radius 2 is 1.86 bits per heavy atom. The molecule has 0 atom stereocenters. The van der Waals surface area contributed by atoms with Crippen LogP contribution in [0.3, 0.4) is 0 Å². The number of fused-ring (bicyclic) bond motifs is 1. The largest absolute Gasteiger partial charge is 0.349 e. The third-order valence-electron chi connectivity index (χ3n) is 5.06. The first-order chi connectivity index (χ1) is 13.5. The van der Waals surface area contributed by atoms with E-state index in [-0.39, 0.29) is 23.7 Å². The Morgan fingerprint density at radius 1 is 1.14 bits per heavy atom. The third kappa shape index (κ3) is 3.74. The second kappa shape index (κ2) is 7.42. The summed E-state index contributed by atoms with van der Waals surface area (Å²) in [7, 11) is 0. The second-order valence-corrected chi connectivity index (χ2v) is 7.14. The average molecular weight is 380 g/mol. The maximum Gasteiger partial charge on any atom is 0.274 e. The van der Waals surface area contributed by atoms with Crippen molar-refractivity contribution in [3.8, 4) is 0 Å². The number of nitrogens with one attached hydrogen (secondary N) is 1. The summed E-state index contributed by atoms with van der Waals surface area (Å²) in [5.74, 6) is -0.685. The lowest BCUT2D eigenvalue weighted by atomic mass is 10.0. The summed E-state index contributed by atoms with van der Waals surface area (Å²) in [6.07, 6.45) is 4.99. The Kier molecular flexibility index (Phi) is 4.81. The summed E-state index contributed by atoms with van der Waals surface area (Å²) in [4.78, 5) is 31.2. The molecule has 1 fully saturated rings. The molecule has 3 aromatic rings. The molecule has 28 heavy (non-hydrogen) atoms. The van der Waals surface area contributed by atoms with Crippen LogP contribution in [0.4, 0.5) is 4.39 Å². The summed E-state index contributed by atoms with van der Waals surface area (Å²) in [6.45, 7) is 3.10. The van der Waals surface area contributed by atoms with Crippen molar-refractivity contribution >= 4 is 17.5 Å². The smallest absolute Gasteiger partial charge is 0.274 e. The number of carbonyl (C=O) groups is 2. The maximum absolute atomic E-state index is 13.0. The van der Waals surface area contributed by atoms with Gasteiger partial charge in [-0.05, 0) is 61.7 Å². The summed E-state index contributed by atoms with van der Waals surface area (Å²) in [5.41, 5.74) is 2.71. The van der Waals surface area contributed by atoms with E-state index in [0.29, 0.717) is 37.2 Å². The van der Waals surface area contributed by atoms with Crippen molar-refractivity contribution in [1.29, 1.82) is 0 Å². The molecule has 0 bridgehead atoms. The number of likely N-dealkylation sites (tertiary alicyclic amines) is 1. The molecule has 4 rings (SSSR count). The molecule has 0 radical (unpaired) electrons. The van der Waals surface area contributed by atoms with Gasteiger partial charge < -0.3 is 14.6 Å². The van der Waals surface area contributed by atoms with E-state index in [1.165, 1.54) is 24.3 Å². The highest BCUT2D eigenvalue weighted by Crippen LogP contribution is 2.16. The summed E-state index contributed by atoms with van der Waals surface area (Å²) < 4.78 is 14.8. The first-order valence-corrected chi connectivity index (χ1v) is 9.31. The van der Waals surface area contributed by atoms with E-state index >= 15 is 0 Å². The molecule has 0 spiro atoms. The number of nitrogens with zero attached hydrogens (tertiary/aromatic N) is 3. The molecule has 0 aliphatic carbocycles. The van der Waals surface area contributed by atoms with Gasteiger partial charge in [0.2, 0.25) is 0 Å². The van der Waals surface area contributed by atoms with Crippen molar-refractivity contribution in [3.05, 3.63) is 71.4 Å². The fourth-order valence-electron chi connectivity index (χ4n) is 3.45. The number of amides is 2. The van der Waals surface area contributed by atoms with Crippen molar-refractivity contribution in [2.24, 2.45) is 0 Å². The molecule has 1 aliphatic heterocycles. The summed E-state index contributed by atoms with van der Waals surface area (Å²) in [5, 5.41) is 2.96. The Labute approximate surface area is 162 Å². The van der Waals surface area contributed by atoms with Gasteiger partial charge in [-0.25, -0.2) is 9.37 Å². The van der Waals surface area contributed by atoms with Gasteiger partial charge in [0.15, 0.2) is 0 Å². The van der Waals surface area contributed by atoms with Crippen LogP contribution >= 0.6 is 0 Å². The van der Waals surface area contributed by atoms with E-state index in [4.69, 9.17) is 0 Å². The number of rotatable bonds is 3. The fraction of sp³-hybridized carbons (Fsp3) is 0.286. The number of aryl methyl sites for hydroxylation is 1. The van der Waals surface area contributed by atoms with E-state index in [0.717, 1.165) is 11.2 Å². The number of carbonyl (C=O) groups excluding carboxylic acids is 2. The Morgan fingerprint density at radius 3 is 2.57 bits per heavy atom. The number of halogens is 1. The first-order valence-electron chi connectivity index (χ1n) is 9.31. The monoisotopic (exact) mass is 380 g/mol. The fourth-order valence-corrected chi connectivity index (χ4v) is 3.45. The van der Waals surface area contributed by atoms with Gasteiger partial charge in [-0.15, -0.1) is 0 Å². The van der Waals surface area contributed by atoms with Crippen molar-refractivity contribution < 1.29 is 14.0 Å². The molecule has 6 nitrogen and oxygen atoms in total. The topological polar surface area (TPSA) is 66.7 Å². The molecule has 0 saturated carbocycles. The highest BCUT2D eigenvalue weighted by atomic mass is 19.1. The number of pyridine rings is 1. The summed E-state index contributed by atoms with van der Waals surface area (Å²) >= 11 is 0. The van der Waals surface area contributed by atoms with Crippen LogP contribution in [0.2, 0.25) is 0 Å². The molecule has 1 N–H and O–H groups in total. The van der Waals surface area contributed by atoms with E-state index in [1.54, 1.807) is 11.1 Å². The molecule has 1 aromatic carbocycles. The van der Waals surface area contributed by atoms with Gasteiger partial charge in [0.05, 0.1) is 0 Å². The van der Waals surface area contributed by atoms with Crippen molar-refractivity contribution in [3.63, 3.8) is 0 Å². The quantitative estimate of drug-likeness (QED) is 0.760. The Bertz CT molecular complexity index is 1020. The minimum Gasteiger partial charge on any atom is -0.349 e. The number of imidazole rings is 1. The number of piperidine rings is 1. The standard InChI is InChI=1S/C21H21FN4O2/c1-14-6-9-26-13-18(24-19(26)12-14)21(28)25-10-7-17(8-11-25)23-20(27)15-2-4-16(22)5-3-15/h2-6,9,12-13,17H,7-8,10-11H2,1H3,(H,23,27). The van der Waals surface area contributed by atoms with Gasteiger partial charge >= 0.3 is 0 Å². The second-order valence-electron chi connectivity index (χ2n) is 7.14.